The smallest absolute Gasteiger partial charge is 0.271 e. The number of carbonyl (C=O) groups excluding carboxylic acids is 1. The van der Waals surface area contributed by atoms with Crippen LogP contribution in [0.25, 0.3) is 11.3 Å². The molecule has 0 spiro atoms. The van der Waals surface area contributed by atoms with Crippen LogP contribution in [0.3, 0.4) is 0 Å². The summed E-state index contributed by atoms with van der Waals surface area (Å²) in [5, 5.41) is 0. The lowest BCUT2D eigenvalue weighted by Crippen LogP contribution is -2.39. The van der Waals surface area contributed by atoms with Crippen LogP contribution in [0.5, 0.6) is 0 Å². The number of nitrogens with zero attached hydrogens (tertiary/aromatic N) is 3. The molecule has 0 N–H and O–H groups in total. The summed E-state index contributed by atoms with van der Waals surface area (Å²) in [6, 6.07) is 20.2. The molecule has 4 rings (SSSR count). The molecular formula is C22H23N3O. The lowest BCUT2D eigenvalue weighted by atomic mass is 9.98. The highest BCUT2D eigenvalue weighted by atomic mass is 16.2. The number of hydrogen-bond acceptors (Lipinski definition) is 2. The molecule has 2 aromatic heterocycles. The predicted molar refractivity (Wildman–Crippen MR) is 103 cm³/mol. The number of hydrogen-bond donors (Lipinski definition) is 0. The number of rotatable bonds is 3. The fraction of sp³-hybridized carbons (Fsp3) is 0.273. The molecule has 1 fully saturated rings. The first-order valence-corrected chi connectivity index (χ1v) is 9.19. The Hall–Kier alpha value is -2.88. The highest BCUT2D eigenvalue weighted by Crippen LogP contribution is 2.32. The lowest BCUT2D eigenvalue weighted by molar-refractivity contribution is 0.0596. The number of piperidine rings is 1. The second-order valence-corrected chi connectivity index (χ2v) is 6.79. The Bertz CT molecular complexity index is 886. The van der Waals surface area contributed by atoms with E-state index >= 15 is 0 Å². The van der Waals surface area contributed by atoms with Gasteiger partial charge in [0.2, 0.25) is 0 Å². The van der Waals surface area contributed by atoms with Gasteiger partial charge in [-0.2, -0.15) is 0 Å². The van der Waals surface area contributed by atoms with E-state index in [-0.39, 0.29) is 11.9 Å². The molecule has 0 unspecified atom stereocenters. The quantitative estimate of drug-likeness (QED) is 0.703. The third kappa shape index (κ3) is 3.03. The van der Waals surface area contributed by atoms with Gasteiger partial charge in [-0.05, 0) is 49.1 Å². The minimum atomic E-state index is 0.0625. The normalized spacial score (nSPS) is 17.3. The first-order chi connectivity index (χ1) is 12.8. The molecule has 1 atom stereocenters. The summed E-state index contributed by atoms with van der Waals surface area (Å²) >= 11 is 0. The van der Waals surface area contributed by atoms with E-state index in [0.29, 0.717) is 0 Å². The molecule has 3 aromatic rings. The van der Waals surface area contributed by atoms with Gasteiger partial charge < -0.3 is 9.47 Å². The number of amides is 1. The van der Waals surface area contributed by atoms with E-state index in [9.17, 15) is 4.79 Å². The van der Waals surface area contributed by atoms with Gasteiger partial charge >= 0.3 is 0 Å². The van der Waals surface area contributed by atoms with Crippen LogP contribution in [0, 0.1) is 0 Å². The molecule has 1 aliphatic rings. The third-order valence-electron chi connectivity index (χ3n) is 5.20. The molecular weight excluding hydrogens is 322 g/mol. The molecule has 1 amide bonds. The fourth-order valence-corrected chi connectivity index (χ4v) is 3.83. The van der Waals surface area contributed by atoms with Crippen LogP contribution >= 0.6 is 0 Å². The molecule has 0 aliphatic carbocycles. The molecule has 3 heterocycles. The Balaban J connectivity index is 1.65. The first kappa shape index (κ1) is 16.6. The van der Waals surface area contributed by atoms with E-state index in [0.717, 1.165) is 48.5 Å². The number of benzene rings is 1. The van der Waals surface area contributed by atoms with Crippen LogP contribution in [0.4, 0.5) is 0 Å². The van der Waals surface area contributed by atoms with E-state index < -0.39 is 0 Å². The monoisotopic (exact) mass is 345 g/mol. The number of carbonyl (C=O) groups is 1. The van der Waals surface area contributed by atoms with Crippen molar-refractivity contribution in [2.45, 2.75) is 25.3 Å². The largest absolute Gasteiger partial charge is 0.340 e. The molecule has 1 aromatic carbocycles. The molecule has 1 aliphatic heterocycles. The van der Waals surface area contributed by atoms with Gasteiger partial charge in [0.1, 0.15) is 5.69 Å². The van der Waals surface area contributed by atoms with Crippen LogP contribution in [-0.4, -0.2) is 26.9 Å². The predicted octanol–water partition coefficient (Wildman–Crippen LogP) is 4.45. The summed E-state index contributed by atoms with van der Waals surface area (Å²) in [7, 11) is 1.97. The highest BCUT2D eigenvalue weighted by molar-refractivity contribution is 5.94. The van der Waals surface area contributed by atoms with E-state index in [1.807, 2.05) is 71.2 Å². The Morgan fingerprint density at radius 2 is 1.81 bits per heavy atom. The number of aromatic nitrogens is 2. The van der Waals surface area contributed by atoms with Crippen molar-refractivity contribution in [3.63, 3.8) is 0 Å². The van der Waals surface area contributed by atoms with Gasteiger partial charge in [0.05, 0.1) is 11.7 Å². The summed E-state index contributed by atoms with van der Waals surface area (Å²) in [4.78, 5) is 19.8. The Morgan fingerprint density at radius 3 is 2.58 bits per heavy atom. The maximum absolute atomic E-state index is 13.3. The Labute approximate surface area is 154 Å². The standard InChI is InChI=1S/C22H23N3O/c1-24-19(17-9-3-2-4-10-17)13-14-21(24)22(26)25-16-8-6-12-20(25)18-11-5-7-15-23-18/h2-5,7,9-11,13-15,20H,6,8,12,16H2,1H3/t20-/m0/s1. The van der Waals surface area contributed by atoms with Gasteiger partial charge in [0.15, 0.2) is 0 Å². The fourth-order valence-electron chi connectivity index (χ4n) is 3.83. The molecule has 132 valence electrons. The van der Waals surface area contributed by atoms with Crippen LogP contribution in [0.1, 0.15) is 41.5 Å². The van der Waals surface area contributed by atoms with Gasteiger partial charge in [-0.25, -0.2) is 0 Å². The molecule has 26 heavy (non-hydrogen) atoms. The van der Waals surface area contributed by atoms with Gasteiger partial charge in [0.25, 0.3) is 5.91 Å². The van der Waals surface area contributed by atoms with Crippen molar-refractivity contribution in [2.75, 3.05) is 6.54 Å². The van der Waals surface area contributed by atoms with Gasteiger partial charge in [-0.15, -0.1) is 0 Å². The number of pyridine rings is 1. The topological polar surface area (TPSA) is 38.1 Å². The van der Waals surface area contributed by atoms with Crippen molar-refractivity contribution in [1.82, 2.24) is 14.5 Å². The van der Waals surface area contributed by atoms with Crippen molar-refractivity contribution in [1.29, 1.82) is 0 Å². The van der Waals surface area contributed by atoms with E-state index in [4.69, 9.17) is 0 Å². The number of likely N-dealkylation sites (tertiary alicyclic amines) is 1. The molecule has 0 saturated carbocycles. The molecule has 1 saturated heterocycles. The lowest BCUT2D eigenvalue weighted by Gasteiger charge is -2.35. The van der Waals surface area contributed by atoms with Crippen molar-refractivity contribution >= 4 is 5.91 Å². The van der Waals surface area contributed by atoms with Crippen molar-refractivity contribution in [2.24, 2.45) is 7.05 Å². The first-order valence-electron chi connectivity index (χ1n) is 9.19. The van der Waals surface area contributed by atoms with Crippen molar-refractivity contribution < 1.29 is 4.79 Å². The summed E-state index contributed by atoms with van der Waals surface area (Å²) in [5.41, 5.74) is 3.89. The molecule has 0 bridgehead atoms. The summed E-state index contributed by atoms with van der Waals surface area (Å²) < 4.78 is 2.00. The minimum absolute atomic E-state index is 0.0625. The van der Waals surface area contributed by atoms with Crippen LogP contribution in [0.15, 0.2) is 66.9 Å². The van der Waals surface area contributed by atoms with Crippen LogP contribution in [0.2, 0.25) is 0 Å². The molecule has 4 heteroatoms. The van der Waals surface area contributed by atoms with Crippen LogP contribution < -0.4 is 0 Å². The maximum atomic E-state index is 13.3. The van der Waals surface area contributed by atoms with E-state index in [2.05, 4.69) is 17.1 Å². The molecule has 0 radical (unpaired) electrons. The highest BCUT2D eigenvalue weighted by Gasteiger charge is 2.30. The van der Waals surface area contributed by atoms with Crippen molar-refractivity contribution in [3.8, 4) is 11.3 Å². The summed E-state index contributed by atoms with van der Waals surface area (Å²) in [6.07, 6.45) is 4.96. The van der Waals surface area contributed by atoms with Gasteiger partial charge in [-0.1, -0.05) is 36.4 Å². The zero-order valence-corrected chi connectivity index (χ0v) is 15.0. The van der Waals surface area contributed by atoms with Gasteiger partial charge in [-0.3, -0.25) is 9.78 Å². The zero-order chi connectivity index (χ0) is 17.9. The average molecular weight is 345 g/mol. The average Bonchev–Trinajstić information content (AvgIpc) is 3.10. The maximum Gasteiger partial charge on any atom is 0.271 e. The van der Waals surface area contributed by atoms with E-state index in [1.54, 1.807) is 0 Å². The second kappa shape index (κ2) is 7.16. The van der Waals surface area contributed by atoms with Gasteiger partial charge in [0, 0.05) is 25.5 Å². The summed E-state index contributed by atoms with van der Waals surface area (Å²) in [6.45, 7) is 0.784. The van der Waals surface area contributed by atoms with Crippen LogP contribution in [-0.2, 0) is 7.05 Å². The Kier molecular flexibility index (Phi) is 4.57. The van der Waals surface area contributed by atoms with E-state index in [1.165, 1.54) is 0 Å². The minimum Gasteiger partial charge on any atom is -0.340 e. The SMILES string of the molecule is Cn1c(C(=O)N2CCCC[C@H]2c2ccccn2)ccc1-c1ccccc1. The Morgan fingerprint density at radius 1 is 1.00 bits per heavy atom. The third-order valence-corrected chi connectivity index (χ3v) is 5.20. The molecule has 4 nitrogen and oxygen atoms in total. The zero-order valence-electron chi connectivity index (χ0n) is 15.0. The summed E-state index contributed by atoms with van der Waals surface area (Å²) in [5.74, 6) is 0.0880. The van der Waals surface area contributed by atoms with Crippen molar-refractivity contribution in [3.05, 3.63) is 78.2 Å². The second-order valence-electron chi connectivity index (χ2n) is 6.79.